The maximum Gasteiger partial charge on any atom is 0.270 e. The van der Waals surface area contributed by atoms with Gasteiger partial charge in [0, 0.05) is 23.7 Å². The zero-order valence-corrected chi connectivity index (χ0v) is 10.6. The van der Waals surface area contributed by atoms with Crippen LogP contribution in [0, 0.1) is 0 Å². The first-order valence-corrected chi connectivity index (χ1v) is 5.88. The van der Waals surface area contributed by atoms with E-state index in [1.165, 1.54) is 0 Å². The van der Waals surface area contributed by atoms with Crippen molar-refractivity contribution in [2.45, 2.75) is 19.4 Å². The van der Waals surface area contributed by atoms with E-state index in [1.54, 1.807) is 6.20 Å². The summed E-state index contributed by atoms with van der Waals surface area (Å²) in [5.74, 6) is -0.190. The molecule has 0 aliphatic carbocycles. The standard InChI is InChI=1S/C14H17N3O/c1-14(2,15)9-17-13(18)12-11-6-4-3-5-10(11)7-8-16-12/h3-8H,9,15H2,1-2H3,(H,17,18). The Bertz CT molecular complexity index is 567. The number of carbonyl (C=O) groups is 1. The predicted octanol–water partition coefficient (Wildman–Crippen LogP) is 1.70. The molecule has 2 rings (SSSR count). The third-order valence-electron chi connectivity index (χ3n) is 2.59. The van der Waals surface area contributed by atoms with Crippen molar-refractivity contribution in [2.75, 3.05) is 6.54 Å². The number of fused-ring (bicyclic) bond motifs is 1. The van der Waals surface area contributed by atoms with Gasteiger partial charge in [0.2, 0.25) is 0 Å². The summed E-state index contributed by atoms with van der Waals surface area (Å²) in [6.45, 7) is 4.14. The van der Waals surface area contributed by atoms with Crippen LogP contribution in [0.1, 0.15) is 24.3 Å². The average Bonchev–Trinajstić information content (AvgIpc) is 2.34. The zero-order valence-electron chi connectivity index (χ0n) is 10.6. The average molecular weight is 243 g/mol. The van der Waals surface area contributed by atoms with Crippen LogP contribution in [0.4, 0.5) is 0 Å². The number of rotatable bonds is 3. The summed E-state index contributed by atoms with van der Waals surface area (Å²) in [6, 6.07) is 9.57. The normalized spacial score (nSPS) is 11.5. The molecular weight excluding hydrogens is 226 g/mol. The van der Waals surface area contributed by atoms with Crippen molar-refractivity contribution >= 4 is 16.7 Å². The Kier molecular flexibility index (Phi) is 3.30. The SMILES string of the molecule is CC(C)(N)CNC(=O)c1nccc2ccccc12. The number of benzene rings is 1. The Hall–Kier alpha value is -1.94. The van der Waals surface area contributed by atoms with Crippen molar-refractivity contribution in [2.24, 2.45) is 5.73 Å². The first kappa shape index (κ1) is 12.5. The van der Waals surface area contributed by atoms with E-state index in [1.807, 2.05) is 44.2 Å². The summed E-state index contributed by atoms with van der Waals surface area (Å²) in [5.41, 5.74) is 5.85. The molecule has 0 saturated heterocycles. The third-order valence-corrected chi connectivity index (χ3v) is 2.59. The second kappa shape index (κ2) is 4.74. The van der Waals surface area contributed by atoms with Crippen LogP contribution in [0.15, 0.2) is 36.5 Å². The summed E-state index contributed by atoms with van der Waals surface area (Å²) in [5, 5.41) is 4.66. The van der Waals surface area contributed by atoms with Gasteiger partial charge >= 0.3 is 0 Å². The van der Waals surface area contributed by atoms with Crippen molar-refractivity contribution in [1.29, 1.82) is 0 Å². The van der Waals surface area contributed by atoms with E-state index < -0.39 is 5.54 Å². The Morgan fingerprint density at radius 2 is 2.06 bits per heavy atom. The van der Waals surface area contributed by atoms with Crippen LogP contribution in [-0.2, 0) is 0 Å². The number of carbonyl (C=O) groups excluding carboxylic acids is 1. The van der Waals surface area contributed by atoms with Gasteiger partial charge in [-0.25, -0.2) is 0 Å². The van der Waals surface area contributed by atoms with Gasteiger partial charge in [0.1, 0.15) is 5.69 Å². The first-order chi connectivity index (χ1) is 8.47. The fourth-order valence-corrected chi connectivity index (χ4v) is 1.69. The van der Waals surface area contributed by atoms with Gasteiger partial charge in [-0.2, -0.15) is 0 Å². The Morgan fingerprint density at radius 1 is 1.33 bits per heavy atom. The molecular formula is C14H17N3O. The monoisotopic (exact) mass is 243 g/mol. The molecule has 0 fully saturated rings. The number of nitrogens with zero attached hydrogens (tertiary/aromatic N) is 1. The molecule has 3 N–H and O–H groups in total. The fourth-order valence-electron chi connectivity index (χ4n) is 1.69. The molecule has 1 amide bonds. The molecule has 0 aliphatic rings. The van der Waals surface area contributed by atoms with Crippen LogP contribution in [-0.4, -0.2) is 23.0 Å². The predicted molar refractivity (Wildman–Crippen MR) is 72.3 cm³/mol. The molecule has 0 spiro atoms. The summed E-state index contributed by atoms with van der Waals surface area (Å²) in [6.07, 6.45) is 1.64. The third kappa shape index (κ3) is 2.84. The Morgan fingerprint density at radius 3 is 2.78 bits per heavy atom. The van der Waals surface area contributed by atoms with Gasteiger partial charge < -0.3 is 11.1 Å². The van der Waals surface area contributed by atoms with Crippen molar-refractivity contribution in [3.8, 4) is 0 Å². The molecule has 1 heterocycles. The lowest BCUT2D eigenvalue weighted by Crippen LogP contribution is -2.45. The van der Waals surface area contributed by atoms with Crippen LogP contribution in [0.2, 0.25) is 0 Å². The molecule has 0 saturated carbocycles. The molecule has 4 heteroatoms. The number of hydrogen-bond donors (Lipinski definition) is 2. The van der Waals surface area contributed by atoms with Gasteiger partial charge in [0.05, 0.1) is 0 Å². The lowest BCUT2D eigenvalue weighted by atomic mass is 10.1. The molecule has 1 aromatic carbocycles. The molecule has 0 aliphatic heterocycles. The molecule has 0 radical (unpaired) electrons. The Labute approximate surface area is 106 Å². The van der Waals surface area contributed by atoms with E-state index >= 15 is 0 Å². The highest BCUT2D eigenvalue weighted by Crippen LogP contribution is 2.16. The van der Waals surface area contributed by atoms with Crippen molar-refractivity contribution in [1.82, 2.24) is 10.3 Å². The summed E-state index contributed by atoms with van der Waals surface area (Å²) in [7, 11) is 0. The quantitative estimate of drug-likeness (QED) is 0.862. The van der Waals surface area contributed by atoms with Crippen molar-refractivity contribution < 1.29 is 4.79 Å². The minimum atomic E-state index is -0.430. The number of nitrogens with one attached hydrogen (secondary N) is 1. The molecule has 94 valence electrons. The van der Waals surface area contributed by atoms with E-state index in [2.05, 4.69) is 10.3 Å². The van der Waals surface area contributed by atoms with Crippen LogP contribution in [0.5, 0.6) is 0 Å². The van der Waals surface area contributed by atoms with Gasteiger partial charge in [-0.05, 0) is 25.3 Å². The number of nitrogens with two attached hydrogens (primary N) is 1. The minimum Gasteiger partial charge on any atom is -0.349 e. The van der Waals surface area contributed by atoms with Gasteiger partial charge in [0.25, 0.3) is 5.91 Å². The molecule has 0 atom stereocenters. The van der Waals surface area contributed by atoms with Crippen LogP contribution in [0.25, 0.3) is 10.8 Å². The van der Waals surface area contributed by atoms with Crippen LogP contribution >= 0.6 is 0 Å². The summed E-state index contributed by atoms with van der Waals surface area (Å²) < 4.78 is 0. The smallest absolute Gasteiger partial charge is 0.270 e. The first-order valence-electron chi connectivity index (χ1n) is 5.88. The van der Waals surface area contributed by atoms with E-state index in [0.29, 0.717) is 12.2 Å². The van der Waals surface area contributed by atoms with Crippen LogP contribution in [0.3, 0.4) is 0 Å². The number of hydrogen-bond acceptors (Lipinski definition) is 3. The highest BCUT2D eigenvalue weighted by molar-refractivity contribution is 6.05. The van der Waals surface area contributed by atoms with E-state index in [4.69, 9.17) is 5.73 Å². The molecule has 0 unspecified atom stereocenters. The van der Waals surface area contributed by atoms with Gasteiger partial charge in [0.15, 0.2) is 0 Å². The molecule has 0 bridgehead atoms. The highest BCUT2D eigenvalue weighted by Gasteiger charge is 2.15. The maximum atomic E-state index is 12.1. The van der Waals surface area contributed by atoms with Gasteiger partial charge in [-0.3, -0.25) is 9.78 Å². The van der Waals surface area contributed by atoms with Gasteiger partial charge in [-0.15, -0.1) is 0 Å². The van der Waals surface area contributed by atoms with E-state index in [9.17, 15) is 4.79 Å². The molecule has 2 aromatic rings. The summed E-state index contributed by atoms with van der Waals surface area (Å²) >= 11 is 0. The minimum absolute atomic E-state index is 0.190. The van der Waals surface area contributed by atoms with Crippen molar-refractivity contribution in [3.05, 3.63) is 42.2 Å². The second-order valence-corrected chi connectivity index (χ2v) is 5.05. The highest BCUT2D eigenvalue weighted by atomic mass is 16.1. The van der Waals surface area contributed by atoms with E-state index in [0.717, 1.165) is 10.8 Å². The molecule has 4 nitrogen and oxygen atoms in total. The largest absolute Gasteiger partial charge is 0.349 e. The molecule has 1 aromatic heterocycles. The Balaban J connectivity index is 2.28. The van der Waals surface area contributed by atoms with E-state index in [-0.39, 0.29) is 5.91 Å². The van der Waals surface area contributed by atoms with Crippen molar-refractivity contribution in [3.63, 3.8) is 0 Å². The second-order valence-electron chi connectivity index (χ2n) is 5.05. The number of aromatic nitrogens is 1. The number of amides is 1. The fraction of sp³-hybridized carbons (Fsp3) is 0.286. The lowest BCUT2D eigenvalue weighted by Gasteiger charge is -2.18. The maximum absolute atomic E-state index is 12.1. The van der Waals surface area contributed by atoms with Gasteiger partial charge in [-0.1, -0.05) is 24.3 Å². The topological polar surface area (TPSA) is 68.0 Å². The summed E-state index contributed by atoms with van der Waals surface area (Å²) in [4.78, 5) is 16.2. The molecule has 18 heavy (non-hydrogen) atoms. The number of pyridine rings is 1. The lowest BCUT2D eigenvalue weighted by molar-refractivity contribution is 0.0943. The zero-order chi connectivity index (χ0) is 13.2. The van der Waals surface area contributed by atoms with Crippen LogP contribution < -0.4 is 11.1 Å².